The zero-order valence-corrected chi connectivity index (χ0v) is 16.1. The van der Waals surface area contributed by atoms with Crippen LogP contribution in [-0.2, 0) is 9.59 Å². The average Bonchev–Trinajstić information content (AvgIpc) is 2.61. The first-order valence-electron chi connectivity index (χ1n) is 8.46. The number of aryl methyl sites for hydroxylation is 1. The van der Waals surface area contributed by atoms with Gasteiger partial charge in [-0.1, -0.05) is 18.2 Å². The highest BCUT2D eigenvalue weighted by molar-refractivity contribution is 8.00. The van der Waals surface area contributed by atoms with Gasteiger partial charge in [-0.2, -0.15) is 0 Å². The monoisotopic (exact) mass is 372 g/mol. The van der Waals surface area contributed by atoms with Crippen LogP contribution in [0.25, 0.3) is 0 Å². The molecule has 0 aliphatic heterocycles. The van der Waals surface area contributed by atoms with Crippen LogP contribution in [0, 0.1) is 6.92 Å². The molecule has 2 N–H and O–H groups in total. The van der Waals surface area contributed by atoms with Gasteiger partial charge in [0.1, 0.15) is 12.4 Å². The molecule has 0 bridgehead atoms. The van der Waals surface area contributed by atoms with Crippen LogP contribution in [0.1, 0.15) is 19.4 Å². The second-order valence-corrected chi connectivity index (χ2v) is 7.28. The van der Waals surface area contributed by atoms with Gasteiger partial charge < -0.3 is 15.4 Å². The quantitative estimate of drug-likeness (QED) is 0.548. The summed E-state index contributed by atoms with van der Waals surface area (Å²) in [5.74, 6) is 0.698. The van der Waals surface area contributed by atoms with Crippen molar-refractivity contribution in [2.75, 3.05) is 18.5 Å². The molecule has 0 saturated carbocycles. The molecule has 2 amide bonds. The lowest BCUT2D eigenvalue weighted by molar-refractivity contribution is -0.120. The molecule has 0 heterocycles. The van der Waals surface area contributed by atoms with Crippen molar-refractivity contribution in [2.45, 2.75) is 30.9 Å². The summed E-state index contributed by atoms with van der Waals surface area (Å²) in [5, 5.41) is 5.38. The van der Waals surface area contributed by atoms with Crippen LogP contribution >= 0.6 is 11.8 Å². The van der Waals surface area contributed by atoms with E-state index in [2.05, 4.69) is 10.6 Å². The molecule has 2 rings (SSSR count). The zero-order chi connectivity index (χ0) is 18.9. The number of benzene rings is 2. The van der Waals surface area contributed by atoms with E-state index < -0.39 is 0 Å². The molecule has 0 fully saturated rings. The Morgan fingerprint density at radius 1 is 1.12 bits per heavy atom. The van der Waals surface area contributed by atoms with E-state index in [4.69, 9.17) is 4.74 Å². The van der Waals surface area contributed by atoms with Gasteiger partial charge >= 0.3 is 0 Å². The van der Waals surface area contributed by atoms with Crippen LogP contribution in [0.5, 0.6) is 5.75 Å². The van der Waals surface area contributed by atoms with E-state index in [9.17, 15) is 9.59 Å². The highest BCUT2D eigenvalue weighted by Gasteiger charge is 2.14. The Balaban J connectivity index is 1.73. The molecule has 2 aromatic rings. The van der Waals surface area contributed by atoms with E-state index in [0.29, 0.717) is 13.2 Å². The summed E-state index contributed by atoms with van der Waals surface area (Å²) in [4.78, 5) is 24.2. The highest BCUT2D eigenvalue weighted by Crippen LogP contribution is 2.24. The van der Waals surface area contributed by atoms with E-state index in [0.717, 1.165) is 21.9 Å². The number of hydrogen-bond donors (Lipinski definition) is 2. The van der Waals surface area contributed by atoms with Crippen molar-refractivity contribution in [3.8, 4) is 5.75 Å². The number of carbonyl (C=O) groups is 2. The summed E-state index contributed by atoms with van der Waals surface area (Å²) >= 11 is 1.47. The predicted octanol–water partition coefficient (Wildman–Crippen LogP) is 3.63. The van der Waals surface area contributed by atoms with Gasteiger partial charge in [0, 0.05) is 17.5 Å². The third-order valence-corrected chi connectivity index (χ3v) is 4.72. The van der Waals surface area contributed by atoms with Crippen molar-refractivity contribution >= 4 is 29.3 Å². The van der Waals surface area contributed by atoms with Gasteiger partial charge in [0.25, 0.3) is 0 Å². The lowest BCUT2D eigenvalue weighted by atomic mass is 10.2. The van der Waals surface area contributed by atoms with Crippen LogP contribution in [0.15, 0.2) is 53.4 Å². The fourth-order valence-electron chi connectivity index (χ4n) is 2.28. The number of nitrogens with one attached hydrogen (secondary N) is 2. The number of carbonyl (C=O) groups excluding carboxylic acids is 2. The first-order chi connectivity index (χ1) is 12.5. The van der Waals surface area contributed by atoms with Crippen molar-refractivity contribution in [3.63, 3.8) is 0 Å². The Bertz CT molecular complexity index is 747. The number of anilines is 1. The molecule has 26 heavy (non-hydrogen) atoms. The third-order valence-electron chi connectivity index (χ3n) is 3.61. The van der Waals surface area contributed by atoms with Gasteiger partial charge in [0.2, 0.25) is 11.8 Å². The maximum absolute atomic E-state index is 12.2. The molecule has 1 unspecified atom stereocenters. The first-order valence-corrected chi connectivity index (χ1v) is 9.34. The molecule has 0 aliphatic rings. The summed E-state index contributed by atoms with van der Waals surface area (Å²) in [6.07, 6.45) is 0. The molecule has 1 atom stereocenters. The Hall–Kier alpha value is -2.47. The minimum Gasteiger partial charge on any atom is -0.491 e. The maximum Gasteiger partial charge on any atom is 0.233 e. The van der Waals surface area contributed by atoms with Gasteiger partial charge in [0.05, 0.1) is 11.8 Å². The molecule has 0 radical (unpaired) electrons. The number of amides is 2. The van der Waals surface area contributed by atoms with Crippen LogP contribution in [-0.4, -0.2) is 30.2 Å². The standard InChI is InChI=1S/C20H24N2O3S/c1-14-6-4-5-7-19(14)25-13-12-21-20(24)15(2)26-18-10-8-17(9-11-18)22-16(3)23/h4-11,15H,12-13H2,1-3H3,(H,21,24)(H,22,23). The predicted molar refractivity (Wildman–Crippen MR) is 106 cm³/mol. The second kappa shape index (κ2) is 9.87. The van der Waals surface area contributed by atoms with Gasteiger partial charge in [-0.05, 0) is 49.7 Å². The molecule has 0 aromatic heterocycles. The summed E-state index contributed by atoms with van der Waals surface area (Å²) in [6.45, 7) is 6.21. The Labute approximate surface area is 158 Å². The van der Waals surface area contributed by atoms with Crippen molar-refractivity contribution in [1.82, 2.24) is 5.32 Å². The molecular formula is C20H24N2O3S. The van der Waals surface area contributed by atoms with Gasteiger partial charge in [-0.25, -0.2) is 0 Å². The number of para-hydroxylation sites is 1. The fourth-order valence-corrected chi connectivity index (χ4v) is 3.17. The lowest BCUT2D eigenvalue weighted by Gasteiger charge is -2.13. The molecule has 2 aromatic carbocycles. The first kappa shape index (κ1) is 19.8. The third kappa shape index (κ3) is 6.44. The number of hydrogen-bond acceptors (Lipinski definition) is 4. The second-order valence-electron chi connectivity index (χ2n) is 5.87. The highest BCUT2D eigenvalue weighted by atomic mass is 32.2. The SMILES string of the molecule is CC(=O)Nc1ccc(SC(C)C(=O)NCCOc2ccccc2C)cc1. The van der Waals surface area contributed by atoms with Gasteiger partial charge in [-0.15, -0.1) is 11.8 Å². The maximum atomic E-state index is 12.2. The lowest BCUT2D eigenvalue weighted by Crippen LogP contribution is -2.34. The zero-order valence-electron chi connectivity index (χ0n) is 15.2. The largest absolute Gasteiger partial charge is 0.491 e. The normalized spacial score (nSPS) is 11.5. The minimum absolute atomic E-state index is 0.0330. The number of ether oxygens (including phenoxy) is 1. The molecule has 0 saturated heterocycles. The number of rotatable bonds is 8. The average molecular weight is 372 g/mol. The van der Waals surface area contributed by atoms with E-state index in [-0.39, 0.29) is 17.1 Å². The summed E-state index contributed by atoms with van der Waals surface area (Å²) < 4.78 is 5.67. The Kier molecular flexibility index (Phi) is 7.53. The summed E-state index contributed by atoms with van der Waals surface area (Å²) in [5.41, 5.74) is 1.82. The van der Waals surface area contributed by atoms with Crippen LogP contribution in [0.3, 0.4) is 0 Å². The smallest absolute Gasteiger partial charge is 0.233 e. The van der Waals surface area contributed by atoms with Crippen molar-refractivity contribution in [2.24, 2.45) is 0 Å². The summed E-state index contributed by atoms with van der Waals surface area (Å²) in [7, 11) is 0. The molecular weight excluding hydrogens is 348 g/mol. The van der Waals surface area contributed by atoms with Crippen LogP contribution in [0.2, 0.25) is 0 Å². The van der Waals surface area contributed by atoms with Gasteiger partial charge in [0.15, 0.2) is 0 Å². The van der Waals surface area contributed by atoms with Gasteiger partial charge in [-0.3, -0.25) is 9.59 Å². The Morgan fingerprint density at radius 3 is 2.46 bits per heavy atom. The molecule has 5 nitrogen and oxygen atoms in total. The molecule has 6 heteroatoms. The van der Waals surface area contributed by atoms with Crippen molar-refractivity contribution in [3.05, 3.63) is 54.1 Å². The minimum atomic E-state index is -0.222. The van der Waals surface area contributed by atoms with E-state index >= 15 is 0 Å². The Morgan fingerprint density at radius 2 is 1.81 bits per heavy atom. The van der Waals surface area contributed by atoms with E-state index in [1.54, 1.807) is 0 Å². The van der Waals surface area contributed by atoms with Crippen LogP contribution < -0.4 is 15.4 Å². The fraction of sp³-hybridized carbons (Fsp3) is 0.300. The van der Waals surface area contributed by atoms with E-state index in [1.165, 1.54) is 18.7 Å². The topological polar surface area (TPSA) is 67.4 Å². The van der Waals surface area contributed by atoms with Crippen molar-refractivity contribution in [1.29, 1.82) is 0 Å². The molecule has 0 spiro atoms. The van der Waals surface area contributed by atoms with Crippen LogP contribution in [0.4, 0.5) is 5.69 Å². The molecule has 0 aliphatic carbocycles. The summed E-state index contributed by atoms with van der Waals surface area (Å²) in [6, 6.07) is 15.2. The van der Waals surface area contributed by atoms with E-state index in [1.807, 2.05) is 62.4 Å². The molecule has 138 valence electrons. The number of thioether (sulfide) groups is 1. The van der Waals surface area contributed by atoms with Crippen molar-refractivity contribution < 1.29 is 14.3 Å².